The first kappa shape index (κ1) is 36.5. The molecule has 0 bridgehead atoms. The van der Waals surface area contributed by atoms with Crippen LogP contribution in [0.5, 0.6) is 0 Å². The van der Waals surface area contributed by atoms with Gasteiger partial charge in [-0.2, -0.15) is 0 Å². The third-order valence-electron chi connectivity index (χ3n) is 2.24. The highest BCUT2D eigenvalue weighted by Gasteiger charge is 2.06. The standard InChI is InChI=1S/C10H20N2.Al.5ClH.3H/c1-3-4-5-6-7-12-9-8-11(2)10-12;;;;;;;;;/h8-9H,3-7,10H2,1-2H3;;5*1H;;;. The van der Waals surface area contributed by atoms with Crippen LogP contribution >= 0.6 is 62.0 Å². The van der Waals surface area contributed by atoms with E-state index in [1.54, 1.807) is 0 Å². The first-order chi connectivity index (χ1) is 5.83. The quantitative estimate of drug-likeness (QED) is 0.534. The molecule has 0 saturated heterocycles. The van der Waals surface area contributed by atoms with Crippen LogP contribution in [-0.4, -0.2) is 47.4 Å². The molecule has 1 rings (SSSR count). The Morgan fingerprint density at radius 2 is 1.44 bits per heavy atom. The molecule has 1 aliphatic rings. The molecule has 0 amide bonds. The molecule has 18 heavy (non-hydrogen) atoms. The van der Waals surface area contributed by atoms with Gasteiger partial charge in [0.1, 0.15) is 0 Å². The van der Waals surface area contributed by atoms with Crippen molar-refractivity contribution in [3.05, 3.63) is 12.4 Å². The summed E-state index contributed by atoms with van der Waals surface area (Å²) in [5.74, 6) is 0. The number of unbranched alkanes of at least 4 members (excludes halogenated alkanes) is 3. The molecule has 8 heteroatoms. The predicted octanol–water partition coefficient (Wildman–Crippen LogP) is 3.17. The van der Waals surface area contributed by atoms with Gasteiger partial charge in [0.2, 0.25) is 0 Å². The molecule has 0 unspecified atom stereocenters. The van der Waals surface area contributed by atoms with E-state index in [1.807, 2.05) is 0 Å². The minimum atomic E-state index is 0. The van der Waals surface area contributed by atoms with E-state index >= 15 is 0 Å². The molecule has 0 saturated carbocycles. The summed E-state index contributed by atoms with van der Waals surface area (Å²) < 4.78 is 0. The molecular formula is C10H28AlCl5N2. The van der Waals surface area contributed by atoms with Crippen molar-refractivity contribution in [2.24, 2.45) is 0 Å². The molecule has 1 aliphatic heterocycles. The highest BCUT2D eigenvalue weighted by molar-refractivity contribution is 5.86. The van der Waals surface area contributed by atoms with E-state index in [1.165, 1.54) is 32.2 Å². The topological polar surface area (TPSA) is 6.48 Å². The molecule has 0 spiro atoms. The molecule has 116 valence electrons. The van der Waals surface area contributed by atoms with Gasteiger partial charge in [-0.05, 0) is 6.42 Å². The van der Waals surface area contributed by atoms with Gasteiger partial charge < -0.3 is 9.80 Å². The summed E-state index contributed by atoms with van der Waals surface area (Å²) in [4.78, 5) is 4.58. The lowest BCUT2D eigenvalue weighted by molar-refractivity contribution is 0.291. The summed E-state index contributed by atoms with van der Waals surface area (Å²) in [5.41, 5.74) is 0. The molecule has 0 N–H and O–H groups in total. The first-order valence-electron chi connectivity index (χ1n) is 4.95. The number of rotatable bonds is 5. The highest BCUT2D eigenvalue weighted by Crippen LogP contribution is 2.06. The van der Waals surface area contributed by atoms with Crippen molar-refractivity contribution in [2.45, 2.75) is 32.6 Å². The summed E-state index contributed by atoms with van der Waals surface area (Å²) >= 11 is 0. The summed E-state index contributed by atoms with van der Waals surface area (Å²) in [5, 5.41) is 0. The van der Waals surface area contributed by atoms with Crippen LogP contribution in [0.4, 0.5) is 0 Å². The molecule has 2 nitrogen and oxygen atoms in total. The fourth-order valence-electron chi connectivity index (χ4n) is 1.48. The number of hydrogen-bond acceptors (Lipinski definition) is 2. The molecule has 0 aromatic carbocycles. The molecule has 0 radical (unpaired) electrons. The van der Waals surface area contributed by atoms with Crippen molar-refractivity contribution in [3.63, 3.8) is 0 Å². The van der Waals surface area contributed by atoms with Crippen LogP contribution in [0.3, 0.4) is 0 Å². The van der Waals surface area contributed by atoms with Crippen molar-refractivity contribution in [1.29, 1.82) is 0 Å². The van der Waals surface area contributed by atoms with Crippen molar-refractivity contribution in [1.82, 2.24) is 9.80 Å². The summed E-state index contributed by atoms with van der Waals surface area (Å²) in [6.45, 7) is 4.55. The van der Waals surface area contributed by atoms with Crippen LogP contribution in [-0.2, 0) is 0 Å². The average Bonchev–Trinajstić information content (AvgIpc) is 2.45. The number of halogens is 5. The van der Waals surface area contributed by atoms with Gasteiger partial charge >= 0.3 is 0 Å². The van der Waals surface area contributed by atoms with Crippen LogP contribution in [0.1, 0.15) is 32.6 Å². The lowest BCUT2D eigenvalue weighted by Crippen LogP contribution is -2.23. The largest absolute Gasteiger partial charge is 0.362 e. The van der Waals surface area contributed by atoms with Crippen LogP contribution in [0.2, 0.25) is 0 Å². The Kier molecular flexibility index (Phi) is 47.5. The van der Waals surface area contributed by atoms with Crippen LogP contribution < -0.4 is 0 Å². The number of nitrogens with zero attached hydrogens (tertiary/aromatic N) is 2. The van der Waals surface area contributed by atoms with Crippen molar-refractivity contribution in [2.75, 3.05) is 20.3 Å². The summed E-state index contributed by atoms with van der Waals surface area (Å²) in [6, 6.07) is 0. The third-order valence-corrected chi connectivity index (χ3v) is 2.24. The fourth-order valence-corrected chi connectivity index (χ4v) is 1.48. The molecular weight excluding hydrogens is 352 g/mol. The van der Waals surface area contributed by atoms with E-state index in [-0.39, 0.29) is 79.4 Å². The Balaban J connectivity index is -0.0000000600. The predicted molar refractivity (Wildman–Crippen MR) is 98.8 cm³/mol. The van der Waals surface area contributed by atoms with E-state index in [4.69, 9.17) is 0 Å². The van der Waals surface area contributed by atoms with Crippen molar-refractivity contribution in [3.8, 4) is 0 Å². The van der Waals surface area contributed by atoms with E-state index in [0.717, 1.165) is 6.67 Å². The third kappa shape index (κ3) is 17.3. The zero-order valence-corrected chi connectivity index (χ0v) is 14.4. The smallest absolute Gasteiger partial charge is 0.187 e. The second-order valence-electron chi connectivity index (χ2n) is 3.57. The molecule has 1 heterocycles. The summed E-state index contributed by atoms with van der Waals surface area (Å²) in [6.07, 6.45) is 9.76. The van der Waals surface area contributed by atoms with Gasteiger partial charge in [-0.15, -0.1) is 62.0 Å². The summed E-state index contributed by atoms with van der Waals surface area (Å²) in [7, 11) is 2.11. The molecule has 0 atom stereocenters. The van der Waals surface area contributed by atoms with E-state index in [0.29, 0.717) is 0 Å². The van der Waals surface area contributed by atoms with Gasteiger partial charge in [-0.1, -0.05) is 26.2 Å². The lowest BCUT2D eigenvalue weighted by atomic mass is 10.2. The molecule has 0 aromatic rings. The zero-order chi connectivity index (χ0) is 8.81. The Bertz CT molecular complexity index is 163. The van der Waals surface area contributed by atoms with Crippen LogP contribution in [0.15, 0.2) is 12.4 Å². The Labute approximate surface area is 153 Å². The van der Waals surface area contributed by atoms with Gasteiger partial charge in [0, 0.05) is 26.0 Å². The highest BCUT2D eigenvalue weighted by atomic mass is 35.5. The Morgan fingerprint density at radius 1 is 0.889 bits per heavy atom. The van der Waals surface area contributed by atoms with Crippen LogP contribution in [0.25, 0.3) is 0 Å². The molecule has 0 aliphatic carbocycles. The van der Waals surface area contributed by atoms with Gasteiger partial charge in [-0.25, -0.2) is 0 Å². The zero-order valence-electron chi connectivity index (χ0n) is 10.3. The van der Waals surface area contributed by atoms with Crippen molar-refractivity contribution < 1.29 is 0 Å². The van der Waals surface area contributed by atoms with Gasteiger partial charge in [0.25, 0.3) is 0 Å². The average molecular weight is 381 g/mol. The second-order valence-corrected chi connectivity index (χ2v) is 3.57. The fraction of sp³-hybridized carbons (Fsp3) is 0.800. The molecule has 0 fully saturated rings. The Morgan fingerprint density at radius 3 is 1.83 bits per heavy atom. The van der Waals surface area contributed by atoms with E-state index in [2.05, 4.69) is 36.2 Å². The van der Waals surface area contributed by atoms with Gasteiger partial charge in [-0.3, -0.25) is 0 Å². The minimum Gasteiger partial charge on any atom is -0.362 e. The molecule has 0 aromatic heterocycles. The SMILES string of the molecule is CCCCCCN1C=CN(C)C1.Cl.Cl.Cl.Cl.Cl.[AlH3]. The monoisotopic (exact) mass is 378 g/mol. The normalized spacial score (nSPS) is 10.8. The maximum Gasteiger partial charge on any atom is 0.187 e. The maximum atomic E-state index is 2.37. The van der Waals surface area contributed by atoms with Gasteiger partial charge in [0.15, 0.2) is 17.4 Å². The first-order valence-corrected chi connectivity index (χ1v) is 4.95. The minimum absolute atomic E-state index is 0. The van der Waals surface area contributed by atoms with E-state index < -0.39 is 0 Å². The Hall–Kier alpha value is 1.32. The van der Waals surface area contributed by atoms with Gasteiger partial charge in [0.05, 0.1) is 6.67 Å². The second kappa shape index (κ2) is 23.4. The lowest BCUT2D eigenvalue weighted by Gasteiger charge is -2.17. The van der Waals surface area contributed by atoms with E-state index in [9.17, 15) is 0 Å². The maximum absolute atomic E-state index is 2.37. The van der Waals surface area contributed by atoms with Crippen molar-refractivity contribution >= 4 is 79.4 Å². The number of hydrogen-bond donors (Lipinski definition) is 0. The van der Waals surface area contributed by atoms with Crippen LogP contribution in [0, 0.1) is 0 Å².